The van der Waals surface area contributed by atoms with Gasteiger partial charge in [-0.1, -0.05) is 12.8 Å². The van der Waals surface area contributed by atoms with E-state index in [0.29, 0.717) is 12.8 Å². The van der Waals surface area contributed by atoms with E-state index in [1.165, 1.54) is 13.8 Å². The summed E-state index contributed by atoms with van der Waals surface area (Å²) in [5.74, 6) is -1.58. The van der Waals surface area contributed by atoms with Crippen molar-refractivity contribution in [1.29, 1.82) is 0 Å². The number of carbonyl (C=O) groups is 2. The number of aliphatic carboxylic acids is 1. The van der Waals surface area contributed by atoms with Crippen LogP contribution < -0.4 is 5.32 Å². The molecule has 0 bridgehead atoms. The molecule has 1 rings (SSSR count). The summed E-state index contributed by atoms with van der Waals surface area (Å²) in [6, 6.07) is 0. The minimum absolute atomic E-state index is 0.0138. The Balaban J connectivity index is 2.77. The average molecular weight is 291 g/mol. The van der Waals surface area contributed by atoms with Crippen molar-refractivity contribution < 1.29 is 23.1 Å². The SMILES string of the molecule is CC(C)(C(=O)NCC1(C(=O)O)CCCC1)S(C)(=O)=O. The maximum atomic E-state index is 11.9. The number of nitrogens with one attached hydrogen (secondary N) is 1. The average Bonchev–Trinajstić information content (AvgIpc) is 2.74. The van der Waals surface area contributed by atoms with E-state index < -0.39 is 31.9 Å². The first kappa shape index (κ1) is 15.9. The molecule has 0 spiro atoms. The normalized spacial score (nSPS) is 19.1. The molecule has 0 saturated heterocycles. The molecule has 1 aliphatic carbocycles. The molecule has 0 aromatic heterocycles. The quantitative estimate of drug-likeness (QED) is 0.771. The summed E-state index contributed by atoms with van der Waals surface area (Å²) in [6.07, 6.45) is 3.66. The molecule has 19 heavy (non-hydrogen) atoms. The zero-order valence-corrected chi connectivity index (χ0v) is 12.3. The Hall–Kier alpha value is -1.11. The highest BCUT2D eigenvalue weighted by atomic mass is 32.2. The van der Waals surface area contributed by atoms with Crippen molar-refractivity contribution in [3.8, 4) is 0 Å². The van der Waals surface area contributed by atoms with Crippen LogP contribution in [0.2, 0.25) is 0 Å². The van der Waals surface area contributed by atoms with Crippen LogP contribution >= 0.6 is 0 Å². The Morgan fingerprint density at radius 3 is 2.11 bits per heavy atom. The van der Waals surface area contributed by atoms with Crippen LogP contribution in [-0.4, -0.2) is 42.9 Å². The molecule has 0 aliphatic heterocycles. The second-order valence-corrected chi connectivity index (χ2v) is 8.32. The van der Waals surface area contributed by atoms with E-state index in [0.717, 1.165) is 19.1 Å². The number of amides is 1. The Morgan fingerprint density at radius 1 is 1.26 bits per heavy atom. The standard InChI is InChI=1S/C12H21NO5S/c1-11(2,19(3,17)18)9(14)13-8-12(10(15)16)6-4-5-7-12/h4-8H2,1-3H3,(H,13,14)(H,15,16). The summed E-state index contributed by atoms with van der Waals surface area (Å²) in [6.45, 7) is 2.62. The zero-order valence-electron chi connectivity index (χ0n) is 11.5. The second-order valence-electron chi connectivity index (χ2n) is 5.76. The van der Waals surface area contributed by atoms with E-state index in [1.807, 2.05) is 0 Å². The van der Waals surface area contributed by atoms with Crippen LogP contribution in [0.1, 0.15) is 39.5 Å². The maximum Gasteiger partial charge on any atom is 0.311 e. The zero-order chi connectivity index (χ0) is 14.9. The number of carboxylic acid groups (broad SMARTS) is 1. The Kier molecular flexibility index (Phi) is 4.29. The van der Waals surface area contributed by atoms with Crippen molar-refractivity contribution in [1.82, 2.24) is 5.32 Å². The number of carbonyl (C=O) groups excluding carboxylic acids is 1. The van der Waals surface area contributed by atoms with Gasteiger partial charge in [-0.3, -0.25) is 9.59 Å². The van der Waals surface area contributed by atoms with Crippen LogP contribution in [0.4, 0.5) is 0 Å². The van der Waals surface area contributed by atoms with E-state index >= 15 is 0 Å². The van der Waals surface area contributed by atoms with Gasteiger partial charge in [0.05, 0.1) is 5.41 Å². The molecular weight excluding hydrogens is 270 g/mol. The summed E-state index contributed by atoms with van der Waals surface area (Å²) >= 11 is 0. The van der Waals surface area contributed by atoms with Gasteiger partial charge in [0.25, 0.3) is 0 Å². The fraction of sp³-hybridized carbons (Fsp3) is 0.833. The highest BCUT2D eigenvalue weighted by Gasteiger charge is 2.44. The van der Waals surface area contributed by atoms with Crippen LogP contribution in [-0.2, 0) is 19.4 Å². The lowest BCUT2D eigenvalue weighted by Gasteiger charge is -2.27. The highest BCUT2D eigenvalue weighted by molar-refractivity contribution is 7.92. The molecule has 0 aromatic carbocycles. The summed E-state index contributed by atoms with van der Waals surface area (Å²) in [7, 11) is -3.55. The smallest absolute Gasteiger partial charge is 0.311 e. The first-order chi connectivity index (χ1) is 8.53. The van der Waals surface area contributed by atoms with Crippen molar-refractivity contribution in [2.24, 2.45) is 5.41 Å². The molecule has 110 valence electrons. The largest absolute Gasteiger partial charge is 0.481 e. The third kappa shape index (κ3) is 3.08. The van der Waals surface area contributed by atoms with E-state index in [4.69, 9.17) is 0 Å². The lowest BCUT2D eigenvalue weighted by Crippen LogP contribution is -2.51. The van der Waals surface area contributed by atoms with Gasteiger partial charge >= 0.3 is 5.97 Å². The van der Waals surface area contributed by atoms with Crippen molar-refractivity contribution in [3.05, 3.63) is 0 Å². The summed E-state index contributed by atoms with van der Waals surface area (Å²) in [4.78, 5) is 23.3. The number of rotatable bonds is 5. The van der Waals surface area contributed by atoms with Crippen LogP contribution in [0.5, 0.6) is 0 Å². The minimum atomic E-state index is -3.55. The number of hydrogen-bond donors (Lipinski definition) is 2. The van der Waals surface area contributed by atoms with Crippen LogP contribution in [0.25, 0.3) is 0 Å². The van der Waals surface area contributed by atoms with E-state index in [2.05, 4.69) is 5.32 Å². The lowest BCUT2D eigenvalue weighted by molar-refractivity contribution is -0.148. The van der Waals surface area contributed by atoms with E-state index in [1.54, 1.807) is 0 Å². The van der Waals surface area contributed by atoms with Gasteiger partial charge in [-0.05, 0) is 26.7 Å². The van der Waals surface area contributed by atoms with Gasteiger partial charge in [-0.2, -0.15) is 0 Å². The highest BCUT2D eigenvalue weighted by Crippen LogP contribution is 2.37. The van der Waals surface area contributed by atoms with Gasteiger partial charge in [-0.25, -0.2) is 8.42 Å². The van der Waals surface area contributed by atoms with Gasteiger partial charge < -0.3 is 10.4 Å². The summed E-state index contributed by atoms with van der Waals surface area (Å²) in [5.41, 5.74) is -0.941. The summed E-state index contributed by atoms with van der Waals surface area (Å²) in [5, 5.41) is 11.8. The lowest BCUT2D eigenvalue weighted by atomic mass is 9.86. The van der Waals surface area contributed by atoms with Gasteiger partial charge in [0.2, 0.25) is 5.91 Å². The van der Waals surface area contributed by atoms with Crippen molar-refractivity contribution in [3.63, 3.8) is 0 Å². The number of hydrogen-bond acceptors (Lipinski definition) is 4. The molecule has 0 radical (unpaired) electrons. The Bertz CT molecular complexity index is 474. The van der Waals surface area contributed by atoms with Crippen LogP contribution in [0.15, 0.2) is 0 Å². The van der Waals surface area contributed by atoms with Gasteiger partial charge in [-0.15, -0.1) is 0 Å². The Labute approximate surface area is 113 Å². The molecule has 1 aliphatic rings. The molecule has 0 heterocycles. The molecule has 0 aromatic rings. The first-order valence-corrected chi connectivity index (χ1v) is 8.13. The van der Waals surface area contributed by atoms with Gasteiger partial charge in [0, 0.05) is 12.8 Å². The molecule has 1 saturated carbocycles. The van der Waals surface area contributed by atoms with Crippen molar-refractivity contribution in [2.75, 3.05) is 12.8 Å². The number of carboxylic acids is 1. The molecular formula is C12H21NO5S. The third-order valence-electron chi connectivity index (χ3n) is 4.08. The van der Waals surface area contributed by atoms with Crippen molar-refractivity contribution >= 4 is 21.7 Å². The van der Waals surface area contributed by atoms with Crippen LogP contribution in [0, 0.1) is 5.41 Å². The third-order valence-corrected chi connectivity index (χ3v) is 6.11. The molecule has 1 amide bonds. The first-order valence-electron chi connectivity index (χ1n) is 6.24. The topological polar surface area (TPSA) is 101 Å². The second kappa shape index (κ2) is 5.11. The number of sulfone groups is 1. The van der Waals surface area contributed by atoms with E-state index in [9.17, 15) is 23.1 Å². The monoisotopic (exact) mass is 291 g/mol. The predicted molar refractivity (Wildman–Crippen MR) is 70.5 cm³/mol. The van der Waals surface area contributed by atoms with Gasteiger partial charge in [0.15, 0.2) is 9.84 Å². The fourth-order valence-electron chi connectivity index (χ4n) is 2.15. The summed E-state index contributed by atoms with van der Waals surface area (Å²) < 4.78 is 21.5. The molecule has 6 nitrogen and oxygen atoms in total. The minimum Gasteiger partial charge on any atom is -0.481 e. The van der Waals surface area contributed by atoms with E-state index in [-0.39, 0.29) is 6.54 Å². The molecule has 7 heteroatoms. The van der Waals surface area contributed by atoms with Crippen molar-refractivity contribution in [2.45, 2.75) is 44.3 Å². The predicted octanol–water partition coefficient (Wildman–Crippen LogP) is 0.571. The maximum absolute atomic E-state index is 11.9. The van der Waals surface area contributed by atoms with Crippen LogP contribution in [0.3, 0.4) is 0 Å². The Morgan fingerprint density at radius 2 is 1.74 bits per heavy atom. The molecule has 2 N–H and O–H groups in total. The molecule has 0 unspecified atom stereocenters. The van der Waals surface area contributed by atoms with Gasteiger partial charge in [0.1, 0.15) is 4.75 Å². The molecule has 0 atom stereocenters. The fourth-order valence-corrected chi connectivity index (χ4v) is 2.56. The molecule has 1 fully saturated rings.